The summed E-state index contributed by atoms with van der Waals surface area (Å²) in [6, 6.07) is 0.806. The van der Waals surface area contributed by atoms with E-state index in [1.165, 1.54) is 51.9 Å². The van der Waals surface area contributed by atoms with E-state index in [9.17, 15) is 0 Å². The predicted molar refractivity (Wildman–Crippen MR) is 46.7 cm³/mol. The highest BCUT2D eigenvalue weighted by Crippen LogP contribution is 2.12. The van der Waals surface area contributed by atoms with Gasteiger partial charge in [0.05, 0.1) is 0 Å². The van der Waals surface area contributed by atoms with E-state index >= 15 is 0 Å². The fourth-order valence-corrected chi connectivity index (χ4v) is 2.20. The SMILES string of the molecule is C1CCN2CCCNC(C1)C2. The minimum Gasteiger partial charge on any atom is -0.313 e. The van der Waals surface area contributed by atoms with Gasteiger partial charge < -0.3 is 10.2 Å². The monoisotopic (exact) mass is 154 g/mol. The maximum atomic E-state index is 3.61. The number of rotatable bonds is 0. The van der Waals surface area contributed by atoms with Gasteiger partial charge in [0.2, 0.25) is 0 Å². The van der Waals surface area contributed by atoms with Gasteiger partial charge in [0, 0.05) is 12.6 Å². The second-order valence-electron chi connectivity index (χ2n) is 3.80. The van der Waals surface area contributed by atoms with Gasteiger partial charge in [-0.25, -0.2) is 0 Å². The molecule has 2 saturated heterocycles. The molecule has 0 saturated carbocycles. The highest BCUT2D eigenvalue weighted by Gasteiger charge is 2.19. The summed E-state index contributed by atoms with van der Waals surface area (Å²) in [6.07, 6.45) is 5.58. The lowest BCUT2D eigenvalue weighted by atomic mass is 10.1. The molecule has 2 rings (SSSR count). The molecule has 2 unspecified atom stereocenters. The lowest BCUT2D eigenvalue weighted by Crippen LogP contribution is -2.35. The molecule has 0 aromatic carbocycles. The molecule has 0 aromatic rings. The predicted octanol–water partition coefficient (Wildman–Crippen LogP) is 0.834. The number of hydrogen-bond donors (Lipinski definition) is 1. The first-order valence-corrected chi connectivity index (χ1v) is 4.91. The molecule has 2 heteroatoms. The molecule has 2 aliphatic rings. The summed E-state index contributed by atoms with van der Waals surface area (Å²) in [5, 5.41) is 3.61. The van der Waals surface area contributed by atoms with Crippen molar-refractivity contribution in [2.45, 2.75) is 31.7 Å². The van der Waals surface area contributed by atoms with Crippen molar-refractivity contribution in [2.24, 2.45) is 0 Å². The highest BCUT2D eigenvalue weighted by atomic mass is 15.2. The average Bonchev–Trinajstić information content (AvgIpc) is 2.36. The van der Waals surface area contributed by atoms with Crippen LogP contribution in [0, 0.1) is 0 Å². The topological polar surface area (TPSA) is 15.3 Å². The third kappa shape index (κ3) is 1.94. The molecule has 0 amide bonds. The minimum atomic E-state index is 0.806. The van der Waals surface area contributed by atoms with E-state index in [0.29, 0.717) is 0 Å². The van der Waals surface area contributed by atoms with E-state index in [0.717, 1.165) is 6.04 Å². The number of fused-ring (bicyclic) bond motifs is 2. The van der Waals surface area contributed by atoms with Gasteiger partial charge in [0.25, 0.3) is 0 Å². The van der Waals surface area contributed by atoms with Crippen molar-refractivity contribution in [3.05, 3.63) is 0 Å². The van der Waals surface area contributed by atoms with Crippen LogP contribution in [0.3, 0.4) is 0 Å². The Morgan fingerprint density at radius 2 is 2.00 bits per heavy atom. The fourth-order valence-electron chi connectivity index (χ4n) is 2.20. The van der Waals surface area contributed by atoms with Crippen LogP contribution in [0.1, 0.15) is 25.7 Å². The fraction of sp³-hybridized carbons (Fsp3) is 1.00. The zero-order valence-electron chi connectivity index (χ0n) is 7.18. The summed E-state index contributed by atoms with van der Waals surface area (Å²) in [4.78, 5) is 2.62. The van der Waals surface area contributed by atoms with E-state index in [-0.39, 0.29) is 0 Å². The van der Waals surface area contributed by atoms with Crippen LogP contribution < -0.4 is 5.32 Å². The molecule has 0 aromatic heterocycles. The average molecular weight is 154 g/mol. The van der Waals surface area contributed by atoms with Crippen molar-refractivity contribution in [2.75, 3.05) is 26.2 Å². The third-order valence-corrected chi connectivity index (χ3v) is 2.84. The molecular formula is C9H18N2. The molecule has 0 aliphatic carbocycles. The molecule has 2 bridgehead atoms. The normalized spacial score (nSPS) is 39.3. The smallest absolute Gasteiger partial charge is 0.0195 e. The third-order valence-electron chi connectivity index (χ3n) is 2.84. The lowest BCUT2D eigenvalue weighted by molar-refractivity contribution is 0.286. The van der Waals surface area contributed by atoms with Gasteiger partial charge in [0.1, 0.15) is 0 Å². The van der Waals surface area contributed by atoms with Crippen molar-refractivity contribution in [1.29, 1.82) is 0 Å². The Kier molecular flexibility index (Phi) is 2.44. The summed E-state index contributed by atoms with van der Waals surface area (Å²) >= 11 is 0. The van der Waals surface area contributed by atoms with Gasteiger partial charge in [-0.2, -0.15) is 0 Å². The summed E-state index contributed by atoms with van der Waals surface area (Å²) in [5.41, 5.74) is 0. The molecule has 0 radical (unpaired) electrons. The molecule has 2 aliphatic heterocycles. The standard InChI is InChI=1S/C9H18N2/c1-2-6-11-7-3-5-10-9(4-1)8-11/h9-10H,1-8H2. The Morgan fingerprint density at radius 1 is 1.09 bits per heavy atom. The first-order valence-electron chi connectivity index (χ1n) is 4.91. The van der Waals surface area contributed by atoms with Gasteiger partial charge >= 0.3 is 0 Å². The van der Waals surface area contributed by atoms with Crippen LogP contribution in [0.2, 0.25) is 0 Å². The van der Waals surface area contributed by atoms with Crippen LogP contribution in [0.15, 0.2) is 0 Å². The largest absolute Gasteiger partial charge is 0.313 e. The van der Waals surface area contributed by atoms with Crippen LogP contribution in [-0.4, -0.2) is 37.1 Å². The molecule has 2 fully saturated rings. The van der Waals surface area contributed by atoms with Gasteiger partial charge in [-0.15, -0.1) is 0 Å². The number of nitrogens with one attached hydrogen (secondary N) is 1. The zero-order valence-corrected chi connectivity index (χ0v) is 7.18. The Balaban J connectivity index is 1.96. The van der Waals surface area contributed by atoms with Crippen LogP contribution in [0.25, 0.3) is 0 Å². The Bertz CT molecular complexity index is 98.7. The second-order valence-corrected chi connectivity index (χ2v) is 3.80. The van der Waals surface area contributed by atoms with Crippen molar-refractivity contribution < 1.29 is 0 Å². The van der Waals surface area contributed by atoms with E-state index in [1.807, 2.05) is 0 Å². The summed E-state index contributed by atoms with van der Waals surface area (Å²) in [5.74, 6) is 0. The molecule has 64 valence electrons. The maximum Gasteiger partial charge on any atom is 0.0195 e. The number of hydrogen-bond acceptors (Lipinski definition) is 2. The van der Waals surface area contributed by atoms with Gasteiger partial charge in [-0.05, 0) is 38.9 Å². The quantitative estimate of drug-likeness (QED) is 0.556. The van der Waals surface area contributed by atoms with Gasteiger partial charge in [-0.3, -0.25) is 0 Å². The summed E-state index contributed by atoms with van der Waals surface area (Å²) in [7, 11) is 0. The lowest BCUT2D eigenvalue weighted by Gasteiger charge is -2.19. The van der Waals surface area contributed by atoms with Crippen molar-refractivity contribution in [3.8, 4) is 0 Å². The van der Waals surface area contributed by atoms with Crippen LogP contribution in [0.5, 0.6) is 0 Å². The maximum absolute atomic E-state index is 3.61. The van der Waals surface area contributed by atoms with Gasteiger partial charge in [-0.1, -0.05) is 6.42 Å². The van der Waals surface area contributed by atoms with Crippen LogP contribution in [-0.2, 0) is 0 Å². The first kappa shape index (κ1) is 7.56. The highest BCUT2D eigenvalue weighted by molar-refractivity contribution is 4.79. The Labute approximate surface area is 69.0 Å². The Morgan fingerprint density at radius 3 is 3.00 bits per heavy atom. The molecule has 11 heavy (non-hydrogen) atoms. The molecule has 2 heterocycles. The molecule has 1 N–H and O–H groups in total. The van der Waals surface area contributed by atoms with E-state index in [1.54, 1.807) is 0 Å². The molecule has 2 nitrogen and oxygen atoms in total. The zero-order chi connectivity index (χ0) is 7.52. The molecular weight excluding hydrogens is 136 g/mol. The second kappa shape index (κ2) is 3.55. The first-order chi connectivity index (χ1) is 5.45. The minimum absolute atomic E-state index is 0.806. The molecule has 2 atom stereocenters. The van der Waals surface area contributed by atoms with Crippen molar-refractivity contribution in [3.63, 3.8) is 0 Å². The van der Waals surface area contributed by atoms with Crippen molar-refractivity contribution in [1.82, 2.24) is 10.2 Å². The Hall–Kier alpha value is -0.0800. The van der Waals surface area contributed by atoms with E-state index < -0.39 is 0 Å². The molecule has 0 spiro atoms. The number of nitrogens with zero attached hydrogens (tertiary/aromatic N) is 1. The van der Waals surface area contributed by atoms with Crippen molar-refractivity contribution >= 4 is 0 Å². The van der Waals surface area contributed by atoms with Crippen LogP contribution >= 0.6 is 0 Å². The van der Waals surface area contributed by atoms with Gasteiger partial charge in [0.15, 0.2) is 0 Å². The summed E-state index contributed by atoms with van der Waals surface area (Å²) < 4.78 is 0. The van der Waals surface area contributed by atoms with E-state index in [2.05, 4.69) is 10.2 Å². The van der Waals surface area contributed by atoms with E-state index in [4.69, 9.17) is 0 Å². The summed E-state index contributed by atoms with van der Waals surface area (Å²) in [6.45, 7) is 5.21. The van der Waals surface area contributed by atoms with Crippen LogP contribution in [0.4, 0.5) is 0 Å².